The van der Waals surface area contributed by atoms with Gasteiger partial charge in [0.15, 0.2) is 0 Å². The van der Waals surface area contributed by atoms with Crippen LogP contribution in [0.3, 0.4) is 0 Å². The number of nitrogens with zero attached hydrogens (tertiary/aromatic N) is 2. The van der Waals surface area contributed by atoms with Crippen LogP contribution in [-0.2, 0) is 6.42 Å². The zero-order valence-corrected chi connectivity index (χ0v) is 15.1. The minimum Gasteiger partial charge on any atom is -0.388 e. The topological polar surface area (TPSA) is 67.2 Å². The molecule has 0 bridgehead atoms. The summed E-state index contributed by atoms with van der Waals surface area (Å²) in [4.78, 5) is 16.2. The number of rotatable bonds is 2. The third kappa shape index (κ3) is 2.35. The Morgan fingerprint density at radius 3 is 2.93 bits per heavy atom. The molecule has 27 heavy (non-hydrogen) atoms. The summed E-state index contributed by atoms with van der Waals surface area (Å²) in [7, 11) is 1.63. The largest absolute Gasteiger partial charge is 0.388 e. The lowest BCUT2D eigenvalue weighted by atomic mass is 9.75. The molecule has 2 N–H and O–H groups in total. The summed E-state index contributed by atoms with van der Waals surface area (Å²) in [5.74, 6) is -0.0258. The van der Waals surface area contributed by atoms with Crippen LogP contribution < -0.4 is 5.32 Å². The SMILES string of the molecule is CNC(=O)c1ccc2c(c1)CCC([C@@H]1c3ccccc3-c3cncn31)[C@@H]2O. The molecule has 2 aliphatic rings. The average molecular weight is 359 g/mol. The van der Waals surface area contributed by atoms with Crippen molar-refractivity contribution in [3.63, 3.8) is 0 Å². The maximum absolute atomic E-state index is 11.9. The van der Waals surface area contributed by atoms with E-state index in [1.165, 1.54) is 11.1 Å². The number of hydrogen-bond donors (Lipinski definition) is 2. The van der Waals surface area contributed by atoms with Gasteiger partial charge in [0.05, 0.1) is 30.4 Å². The van der Waals surface area contributed by atoms with Crippen molar-refractivity contribution in [3.8, 4) is 11.3 Å². The molecule has 2 aromatic carbocycles. The van der Waals surface area contributed by atoms with E-state index in [9.17, 15) is 9.90 Å². The Balaban J connectivity index is 1.54. The van der Waals surface area contributed by atoms with Crippen LogP contribution in [0.2, 0.25) is 0 Å². The van der Waals surface area contributed by atoms with Gasteiger partial charge in [-0.15, -0.1) is 0 Å². The van der Waals surface area contributed by atoms with Crippen LogP contribution in [0, 0.1) is 5.92 Å². The highest BCUT2D eigenvalue weighted by atomic mass is 16.3. The summed E-state index contributed by atoms with van der Waals surface area (Å²) in [5, 5.41) is 13.9. The van der Waals surface area contributed by atoms with Gasteiger partial charge in [-0.3, -0.25) is 4.79 Å². The van der Waals surface area contributed by atoms with Gasteiger partial charge in [0.2, 0.25) is 0 Å². The third-order valence-electron chi connectivity index (χ3n) is 6.03. The fourth-order valence-corrected chi connectivity index (χ4v) is 4.75. The fourth-order valence-electron chi connectivity index (χ4n) is 4.75. The van der Waals surface area contributed by atoms with Gasteiger partial charge < -0.3 is 15.0 Å². The van der Waals surface area contributed by atoms with Crippen LogP contribution in [0.4, 0.5) is 0 Å². The van der Waals surface area contributed by atoms with E-state index >= 15 is 0 Å². The van der Waals surface area contributed by atoms with Crippen molar-refractivity contribution < 1.29 is 9.90 Å². The number of benzene rings is 2. The molecule has 1 aromatic heterocycles. The number of imidazole rings is 1. The Morgan fingerprint density at radius 2 is 2.07 bits per heavy atom. The van der Waals surface area contributed by atoms with Gasteiger partial charge in [0.25, 0.3) is 5.91 Å². The number of aliphatic hydroxyl groups is 1. The molecule has 0 spiro atoms. The zero-order chi connectivity index (χ0) is 18.5. The minimum atomic E-state index is -0.570. The molecule has 1 amide bonds. The molecule has 3 aromatic rings. The maximum atomic E-state index is 11.9. The van der Waals surface area contributed by atoms with Gasteiger partial charge in [0.1, 0.15) is 0 Å². The van der Waals surface area contributed by atoms with Gasteiger partial charge in [-0.1, -0.05) is 30.3 Å². The lowest BCUT2D eigenvalue weighted by Crippen LogP contribution is -2.29. The molecular weight excluding hydrogens is 338 g/mol. The van der Waals surface area contributed by atoms with Gasteiger partial charge in [-0.2, -0.15) is 0 Å². The first kappa shape index (κ1) is 16.3. The average Bonchev–Trinajstić information content (AvgIpc) is 3.29. The number of amides is 1. The first-order chi connectivity index (χ1) is 13.2. The van der Waals surface area contributed by atoms with Crippen molar-refractivity contribution in [2.45, 2.75) is 25.0 Å². The van der Waals surface area contributed by atoms with Crippen molar-refractivity contribution in [2.75, 3.05) is 7.05 Å². The van der Waals surface area contributed by atoms with E-state index in [1.807, 2.05) is 30.7 Å². The molecule has 5 heteroatoms. The van der Waals surface area contributed by atoms with Crippen molar-refractivity contribution in [3.05, 3.63) is 77.2 Å². The number of nitrogens with one attached hydrogen (secondary N) is 1. The van der Waals surface area contributed by atoms with Gasteiger partial charge in [-0.05, 0) is 41.7 Å². The Labute approximate surface area is 157 Å². The number of carbonyl (C=O) groups excluding carboxylic acids is 1. The van der Waals surface area contributed by atoms with Crippen molar-refractivity contribution in [1.29, 1.82) is 0 Å². The molecule has 0 saturated heterocycles. The predicted octanol–water partition coefficient (Wildman–Crippen LogP) is 3.11. The predicted molar refractivity (Wildman–Crippen MR) is 102 cm³/mol. The molecule has 2 heterocycles. The Bertz CT molecular complexity index is 1040. The van der Waals surface area contributed by atoms with Crippen LogP contribution in [-0.4, -0.2) is 27.6 Å². The number of aryl methyl sites for hydroxylation is 1. The van der Waals surface area contributed by atoms with Crippen LogP contribution in [0.5, 0.6) is 0 Å². The van der Waals surface area contributed by atoms with Crippen LogP contribution in [0.15, 0.2) is 55.0 Å². The molecule has 136 valence electrons. The highest BCUT2D eigenvalue weighted by Crippen LogP contribution is 2.49. The highest BCUT2D eigenvalue weighted by molar-refractivity contribution is 5.94. The van der Waals surface area contributed by atoms with Crippen molar-refractivity contribution >= 4 is 5.91 Å². The standard InChI is InChI=1S/C22H21N3O2/c1-23-22(27)14-7-8-15-13(10-14)6-9-18(21(15)26)20-17-5-3-2-4-16(17)19-11-24-12-25(19)20/h2-5,7-8,10-12,18,20-21,26H,6,9H2,1H3,(H,23,27)/t18?,20-,21+/m0/s1. The Morgan fingerprint density at radius 1 is 1.22 bits per heavy atom. The second kappa shape index (κ2) is 6.06. The second-order valence-electron chi connectivity index (χ2n) is 7.36. The molecule has 5 nitrogen and oxygen atoms in total. The van der Waals surface area contributed by atoms with E-state index in [0.717, 1.165) is 29.7 Å². The smallest absolute Gasteiger partial charge is 0.251 e. The minimum absolute atomic E-state index is 0.0694. The second-order valence-corrected chi connectivity index (χ2v) is 7.36. The first-order valence-corrected chi connectivity index (χ1v) is 9.33. The molecule has 0 fully saturated rings. The molecular formula is C22H21N3O2. The third-order valence-corrected chi connectivity index (χ3v) is 6.03. The quantitative estimate of drug-likeness (QED) is 0.739. The van der Waals surface area contributed by atoms with Crippen molar-refractivity contribution in [1.82, 2.24) is 14.9 Å². The lowest BCUT2D eigenvalue weighted by molar-refractivity contribution is 0.0719. The maximum Gasteiger partial charge on any atom is 0.251 e. The monoisotopic (exact) mass is 359 g/mol. The van der Waals surface area contributed by atoms with E-state index in [4.69, 9.17) is 0 Å². The number of aromatic nitrogens is 2. The van der Waals surface area contributed by atoms with Crippen molar-refractivity contribution in [2.24, 2.45) is 5.92 Å². The van der Waals surface area contributed by atoms with E-state index in [0.29, 0.717) is 5.56 Å². The number of fused-ring (bicyclic) bond motifs is 4. The van der Waals surface area contributed by atoms with Crippen LogP contribution in [0.25, 0.3) is 11.3 Å². The molecule has 1 aliphatic heterocycles. The summed E-state index contributed by atoms with van der Waals surface area (Å²) >= 11 is 0. The first-order valence-electron chi connectivity index (χ1n) is 9.33. The van der Waals surface area contributed by atoms with E-state index < -0.39 is 6.10 Å². The van der Waals surface area contributed by atoms with Gasteiger partial charge >= 0.3 is 0 Å². The summed E-state index contributed by atoms with van der Waals surface area (Å²) in [6.07, 6.45) is 4.92. The molecule has 5 rings (SSSR count). The lowest BCUT2D eigenvalue weighted by Gasteiger charge is -2.35. The summed E-state index contributed by atoms with van der Waals surface area (Å²) < 4.78 is 2.20. The number of carbonyl (C=O) groups is 1. The molecule has 0 saturated carbocycles. The summed E-state index contributed by atoms with van der Waals surface area (Å²) in [6.45, 7) is 0. The van der Waals surface area contributed by atoms with Gasteiger partial charge in [-0.25, -0.2) is 4.98 Å². The van der Waals surface area contributed by atoms with E-state index in [2.05, 4.69) is 33.1 Å². The van der Waals surface area contributed by atoms with E-state index in [1.54, 1.807) is 13.1 Å². The fraction of sp³-hybridized carbons (Fsp3) is 0.273. The molecule has 3 atom stereocenters. The van der Waals surface area contributed by atoms with Gasteiger partial charge in [0, 0.05) is 24.1 Å². The Hall–Kier alpha value is -2.92. The van der Waals surface area contributed by atoms with Crippen LogP contribution in [0.1, 0.15) is 45.6 Å². The zero-order valence-electron chi connectivity index (χ0n) is 15.1. The van der Waals surface area contributed by atoms with E-state index in [-0.39, 0.29) is 17.9 Å². The molecule has 1 aliphatic carbocycles. The molecule has 1 unspecified atom stereocenters. The molecule has 0 radical (unpaired) electrons. The Kier molecular flexibility index (Phi) is 3.65. The summed E-state index contributed by atoms with van der Waals surface area (Å²) in [5.41, 5.74) is 6.22. The van der Waals surface area contributed by atoms with Crippen LogP contribution >= 0.6 is 0 Å². The normalized spacial score (nSPS) is 22.7. The summed E-state index contributed by atoms with van der Waals surface area (Å²) in [6, 6.07) is 14.1. The number of hydrogen-bond acceptors (Lipinski definition) is 3. The number of aliphatic hydroxyl groups excluding tert-OH is 1. The highest BCUT2D eigenvalue weighted by Gasteiger charge is 2.40.